The van der Waals surface area contributed by atoms with Gasteiger partial charge in [-0.2, -0.15) is 0 Å². The summed E-state index contributed by atoms with van der Waals surface area (Å²) in [5.74, 6) is 0.472. The molecule has 19 heavy (non-hydrogen) atoms. The minimum atomic E-state index is 0.260. The number of nitrogens with zero attached hydrogens (tertiary/aromatic N) is 2. The Labute approximate surface area is 123 Å². The topological polar surface area (TPSA) is 54.7 Å². The molecular weight excluding hydrogens is 302 g/mol. The Morgan fingerprint density at radius 1 is 1.32 bits per heavy atom. The highest BCUT2D eigenvalue weighted by atomic mass is 35.5. The molecule has 1 N–H and O–H groups in total. The van der Waals surface area contributed by atoms with Crippen LogP contribution in [0, 0.1) is 11.8 Å². The van der Waals surface area contributed by atoms with Crippen LogP contribution in [0.15, 0.2) is 28.7 Å². The van der Waals surface area contributed by atoms with Gasteiger partial charge in [-0.15, -0.1) is 16.4 Å². The molecule has 0 bridgehead atoms. The van der Waals surface area contributed by atoms with Crippen LogP contribution in [0.3, 0.4) is 0 Å². The highest BCUT2D eigenvalue weighted by Crippen LogP contribution is 2.34. The van der Waals surface area contributed by atoms with E-state index in [1.165, 1.54) is 11.3 Å². The van der Waals surface area contributed by atoms with Crippen LogP contribution in [-0.4, -0.2) is 15.2 Å². The van der Waals surface area contributed by atoms with E-state index in [9.17, 15) is 0 Å². The fourth-order valence-electron chi connectivity index (χ4n) is 1.64. The van der Waals surface area contributed by atoms with Crippen molar-refractivity contribution in [1.29, 1.82) is 0 Å². The van der Waals surface area contributed by atoms with Crippen LogP contribution in [-0.2, 0) is 0 Å². The van der Waals surface area contributed by atoms with Crippen LogP contribution in [0.2, 0.25) is 5.02 Å². The van der Waals surface area contributed by atoms with Gasteiger partial charge >= 0.3 is 0 Å². The number of aromatic amines is 1. The molecule has 2 heterocycles. The Morgan fingerprint density at radius 2 is 2.05 bits per heavy atom. The van der Waals surface area contributed by atoms with Gasteiger partial charge in [-0.25, -0.2) is 10.1 Å². The molecule has 96 valence electrons. The maximum absolute atomic E-state index is 5.88. The molecule has 7 heteroatoms. The van der Waals surface area contributed by atoms with Crippen molar-refractivity contribution >= 4 is 35.2 Å². The molecule has 1 aromatic carbocycles. The van der Waals surface area contributed by atoms with Crippen molar-refractivity contribution in [3.63, 3.8) is 0 Å². The van der Waals surface area contributed by atoms with E-state index in [1.54, 1.807) is 0 Å². The van der Waals surface area contributed by atoms with Gasteiger partial charge in [0.15, 0.2) is 0 Å². The molecule has 0 saturated carbocycles. The maximum atomic E-state index is 5.88. The highest BCUT2D eigenvalue weighted by Gasteiger charge is 2.15. The Morgan fingerprint density at radius 3 is 2.68 bits per heavy atom. The Kier molecular flexibility index (Phi) is 3.22. The Hall–Kier alpha value is -1.50. The van der Waals surface area contributed by atoms with Crippen molar-refractivity contribution in [2.24, 2.45) is 0 Å². The molecule has 0 spiro atoms. The average molecular weight is 310 g/mol. The van der Waals surface area contributed by atoms with Crippen LogP contribution < -0.4 is 0 Å². The van der Waals surface area contributed by atoms with Gasteiger partial charge in [-0.05, 0) is 31.3 Å². The van der Waals surface area contributed by atoms with Crippen LogP contribution >= 0.6 is 35.2 Å². The molecule has 0 saturated heterocycles. The van der Waals surface area contributed by atoms with E-state index >= 15 is 0 Å². The molecular formula is C12H8ClN3OS2. The van der Waals surface area contributed by atoms with E-state index in [4.69, 9.17) is 28.2 Å². The van der Waals surface area contributed by atoms with Gasteiger partial charge in [-0.1, -0.05) is 23.7 Å². The fourth-order valence-corrected chi connectivity index (χ4v) is 2.89. The van der Waals surface area contributed by atoms with Gasteiger partial charge in [0.1, 0.15) is 9.88 Å². The molecule has 0 radical (unpaired) electrons. The number of hydrogen-bond donors (Lipinski definition) is 1. The molecule has 4 nitrogen and oxygen atoms in total. The van der Waals surface area contributed by atoms with E-state index in [-0.39, 0.29) is 4.84 Å². The molecule has 0 fully saturated rings. The largest absolute Gasteiger partial charge is 0.408 e. The number of rotatable bonds is 2. The van der Waals surface area contributed by atoms with Gasteiger partial charge in [0.25, 0.3) is 10.7 Å². The van der Waals surface area contributed by atoms with E-state index in [0.29, 0.717) is 10.9 Å². The number of thiazole rings is 1. The third-order valence-corrected chi connectivity index (χ3v) is 4.14. The summed E-state index contributed by atoms with van der Waals surface area (Å²) in [6, 6.07) is 7.55. The first-order chi connectivity index (χ1) is 9.13. The van der Waals surface area contributed by atoms with Crippen molar-refractivity contribution in [1.82, 2.24) is 15.2 Å². The van der Waals surface area contributed by atoms with Gasteiger partial charge in [0, 0.05) is 10.6 Å². The summed E-state index contributed by atoms with van der Waals surface area (Å²) in [5, 5.41) is 8.23. The zero-order valence-corrected chi connectivity index (χ0v) is 12.2. The number of aryl methyl sites for hydroxylation is 1. The summed E-state index contributed by atoms with van der Waals surface area (Å²) in [7, 11) is 0. The number of aromatic nitrogens is 3. The van der Waals surface area contributed by atoms with Crippen molar-refractivity contribution in [2.75, 3.05) is 0 Å². The number of nitrogens with one attached hydrogen (secondary N) is 1. The van der Waals surface area contributed by atoms with Crippen molar-refractivity contribution in [3.05, 3.63) is 39.8 Å². The van der Waals surface area contributed by atoms with Crippen molar-refractivity contribution < 1.29 is 4.42 Å². The second-order valence-corrected chi connectivity index (χ2v) is 5.67. The van der Waals surface area contributed by atoms with Crippen molar-refractivity contribution in [3.8, 4) is 21.3 Å². The normalized spacial score (nSPS) is 10.8. The minimum absolute atomic E-state index is 0.260. The summed E-state index contributed by atoms with van der Waals surface area (Å²) in [6.07, 6.45) is 0. The van der Waals surface area contributed by atoms with E-state index in [1.807, 2.05) is 31.2 Å². The Balaban J connectivity index is 2.06. The summed E-state index contributed by atoms with van der Waals surface area (Å²) in [6.45, 7) is 1.92. The van der Waals surface area contributed by atoms with Crippen LogP contribution in [0.4, 0.5) is 0 Å². The van der Waals surface area contributed by atoms with Gasteiger partial charge < -0.3 is 4.42 Å². The second kappa shape index (κ2) is 4.88. The summed E-state index contributed by atoms with van der Waals surface area (Å²) in [5.41, 5.74) is 1.87. The molecule has 3 rings (SSSR count). The molecule has 0 unspecified atom stereocenters. The summed E-state index contributed by atoms with van der Waals surface area (Å²) < 4.78 is 5.32. The van der Waals surface area contributed by atoms with Crippen LogP contribution in [0.5, 0.6) is 0 Å². The quantitative estimate of drug-likeness (QED) is 0.709. The first kappa shape index (κ1) is 12.5. The number of benzene rings is 1. The minimum Gasteiger partial charge on any atom is -0.408 e. The lowest BCUT2D eigenvalue weighted by molar-refractivity contribution is 0.553. The maximum Gasteiger partial charge on any atom is 0.284 e. The lowest BCUT2D eigenvalue weighted by Crippen LogP contribution is -1.78. The molecule has 0 aliphatic rings. The van der Waals surface area contributed by atoms with E-state index in [2.05, 4.69) is 15.2 Å². The van der Waals surface area contributed by atoms with Crippen molar-refractivity contribution in [2.45, 2.75) is 6.92 Å². The average Bonchev–Trinajstić information content (AvgIpc) is 2.96. The molecule has 2 aromatic heterocycles. The van der Waals surface area contributed by atoms with Crippen LogP contribution in [0.25, 0.3) is 21.3 Å². The monoisotopic (exact) mass is 309 g/mol. The number of H-pyrrole nitrogens is 1. The highest BCUT2D eigenvalue weighted by molar-refractivity contribution is 7.71. The molecule has 0 aliphatic heterocycles. The standard InChI is InChI=1S/C12H8ClN3OS2/c1-6-9(10-15-16-12(18)17-10)19-11(14-6)7-2-4-8(13)5-3-7/h2-5H,1H3,(H,16,18). The lowest BCUT2D eigenvalue weighted by atomic mass is 10.2. The lowest BCUT2D eigenvalue weighted by Gasteiger charge is -1.94. The SMILES string of the molecule is Cc1nc(-c2ccc(Cl)cc2)sc1-c1n[nH]c(=S)o1. The van der Waals surface area contributed by atoms with E-state index < -0.39 is 0 Å². The third-order valence-electron chi connectivity index (χ3n) is 2.52. The zero-order chi connectivity index (χ0) is 13.4. The number of halogens is 1. The smallest absolute Gasteiger partial charge is 0.284 e. The summed E-state index contributed by atoms with van der Waals surface area (Å²) >= 11 is 12.3. The molecule has 0 amide bonds. The first-order valence-corrected chi connectivity index (χ1v) is 7.03. The Bertz CT molecular complexity index is 773. The van der Waals surface area contributed by atoms with Gasteiger partial charge in [0.2, 0.25) is 0 Å². The van der Waals surface area contributed by atoms with Gasteiger partial charge in [-0.3, -0.25) is 0 Å². The first-order valence-electron chi connectivity index (χ1n) is 5.43. The zero-order valence-electron chi connectivity index (χ0n) is 9.81. The number of hydrogen-bond acceptors (Lipinski definition) is 5. The molecule has 0 aliphatic carbocycles. The second-order valence-electron chi connectivity index (χ2n) is 3.86. The third kappa shape index (κ3) is 2.47. The summed E-state index contributed by atoms with van der Waals surface area (Å²) in [4.78, 5) is 5.66. The predicted molar refractivity (Wildman–Crippen MR) is 78.0 cm³/mol. The molecule has 3 aromatic rings. The van der Waals surface area contributed by atoms with Crippen LogP contribution in [0.1, 0.15) is 5.69 Å². The van der Waals surface area contributed by atoms with E-state index in [0.717, 1.165) is 21.1 Å². The fraction of sp³-hybridized carbons (Fsp3) is 0.0833. The van der Waals surface area contributed by atoms with Gasteiger partial charge in [0.05, 0.1) is 5.69 Å². The molecule has 0 atom stereocenters. The predicted octanol–water partition coefficient (Wildman–Crippen LogP) is 4.48.